The third-order valence-corrected chi connectivity index (χ3v) is 4.60. The van der Waals surface area contributed by atoms with Crippen molar-refractivity contribution in [3.63, 3.8) is 0 Å². The Bertz CT molecular complexity index is 622. The summed E-state index contributed by atoms with van der Waals surface area (Å²) >= 11 is 0. The topological polar surface area (TPSA) is 58.1 Å². The molecule has 1 aromatic rings. The van der Waals surface area contributed by atoms with Gasteiger partial charge in [-0.1, -0.05) is 0 Å². The van der Waals surface area contributed by atoms with Crippen LogP contribution in [0.1, 0.15) is 19.8 Å². The van der Waals surface area contributed by atoms with Gasteiger partial charge in [0.25, 0.3) is 0 Å². The Morgan fingerprint density at radius 3 is 2.76 bits per heavy atom. The van der Waals surface area contributed by atoms with Gasteiger partial charge in [-0.05, 0) is 37.8 Å². The molecule has 166 valence electrons. The highest BCUT2D eigenvalue weighted by atomic mass is 127. The van der Waals surface area contributed by atoms with E-state index >= 15 is 0 Å². The number of aliphatic imine (C=N–C) groups is 1. The molecule has 1 fully saturated rings. The summed E-state index contributed by atoms with van der Waals surface area (Å²) in [4.78, 5) is 6.76. The second-order valence-corrected chi connectivity index (χ2v) is 6.80. The lowest BCUT2D eigenvalue weighted by Gasteiger charge is -2.18. The van der Waals surface area contributed by atoms with Crippen LogP contribution >= 0.6 is 24.0 Å². The number of nitrogens with one attached hydrogen (secondary N) is 2. The Kier molecular flexibility index (Phi) is 13.1. The monoisotopic (exact) mass is 526 g/mol. The largest absolute Gasteiger partial charge is 0.382 e. The number of nitrogens with zero attached hydrogens (tertiary/aromatic N) is 2. The van der Waals surface area contributed by atoms with E-state index in [0.29, 0.717) is 32.3 Å². The second-order valence-electron chi connectivity index (χ2n) is 6.80. The van der Waals surface area contributed by atoms with Crippen molar-refractivity contribution >= 4 is 35.6 Å². The second kappa shape index (κ2) is 14.7. The lowest BCUT2D eigenvalue weighted by atomic mass is 10.1. The molecule has 0 amide bonds. The number of anilines is 1. The van der Waals surface area contributed by atoms with E-state index in [-0.39, 0.29) is 24.0 Å². The van der Waals surface area contributed by atoms with Crippen LogP contribution in [0.3, 0.4) is 0 Å². The molecular weight excluding hydrogens is 493 g/mol. The lowest BCUT2D eigenvalue weighted by Crippen LogP contribution is -2.38. The van der Waals surface area contributed by atoms with E-state index in [9.17, 15) is 8.78 Å². The Labute approximate surface area is 189 Å². The minimum Gasteiger partial charge on any atom is -0.382 e. The molecule has 1 aliphatic rings. The van der Waals surface area contributed by atoms with E-state index in [0.717, 1.165) is 50.7 Å². The average Bonchev–Trinajstić information content (AvgIpc) is 3.16. The molecule has 2 rings (SSSR count). The number of hydrogen-bond acceptors (Lipinski definition) is 4. The highest BCUT2D eigenvalue weighted by Gasteiger charge is 2.23. The third kappa shape index (κ3) is 9.43. The minimum atomic E-state index is -0.811. The summed E-state index contributed by atoms with van der Waals surface area (Å²) in [5, 5.41) is 6.56. The number of methoxy groups -OCH3 is 1. The van der Waals surface area contributed by atoms with E-state index in [2.05, 4.69) is 20.5 Å². The maximum absolute atomic E-state index is 13.4. The molecule has 0 radical (unpaired) electrons. The quantitative estimate of drug-likeness (QED) is 0.201. The van der Waals surface area contributed by atoms with Gasteiger partial charge in [0.2, 0.25) is 0 Å². The number of hydrogen-bond donors (Lipinski definition) is 2. The fourth-order valence-electron chi connectivity index (χ4n) is 3.09. The molecule has 6 nitrogen and oxygen atoms in total. The van der Waals surface area contributed by atoms with Crippen LogP contribution in [0, 0.1) is 17.6 Å². The standard InChI is InChI=1S/C20H32F2N4O2.HI/c1-3-23-20(24-8-4-10-28-12-11-27-2)25-14-16-7-9-26(15-16)17-5-6-18(21)19(22)13-17;/h5-6,13,16H,3-4,7-12,14-15H2,1-2H3,(H2,23,24,25);1H. The maximum Gasteiger partial charge on any atom is 0.191 e. The van der Waals surface area contributed by atoms with Gasteiger partial charge in [-0.15, -0.1) is 24.0 Å². The van der Waals surface area contributed by atoms with E-state index in [4.69, 9.17) is 9.47 Å². The van der Waals surface area contributed by atoms with Crippen molar-refractivity contribution < 1.29 is 18.3 Å². The zero-order valence-corrected chi connectivity index (χ0v) is 19.6. The van der Waals surface area contributed by atoms with Crippen molar-refractivity contribution in [2.75, 3.05) is 64.6 Å². The van der Waals surface area contributed by atoms with E-state index < -0.39 is 11.6 Å². The van der Waals surface area contributed by atoms with Gasteiger partial charge in [-0.2, -0.15) is 0 Å². The van der Waals surface area contributed by atoms with Crippen molar-refractivity contribution in [1.29, 1.82) is 0 Å². The van der Waals surface area contributed by atoms with Gasteiger partial charge in [0.05, 0.1) is 13.2 Å². The number of rotatable bonds is 11. The normalized spacial score (nSPS) is 16.6. The maximum atomic E-state index is 13.4. The van der Waals surface area contributed by atoms with Crippen LogP contribution < -0.4 is 15.5 Å². The van der Waals surface area contributed by atoms with Gasteiger partial charge >= 0.3 is 0 Å². The van der Waals surface area contributed by atoms with Crippen LogP contribution in [0.4, 0.5) is 14.5 Å². The van der Waals surface area contributed by atoms with Crippen LogP contribution in [-0.4, -0.2) is 65.6 Å². The fraction of sp³-hybridized carbons (Fsp3) is 0.650. The molecular formula is C20H33F2IN4O2. The van der Waals surface area contributed by atoms with Crippen LogP contribution in [0.2, 0.25) is 0 Å². The molecule has 0 bridgehead atoms. The Morgan fingerprint density at radius 1 is 1.21 bits per heavy atom. The third-order valence-electron chi connectivity index (χ3n) is 4.60. The van der Waals surface area contributed by atoms with Crippen molar-refractivity contribution in [2.24, 2.45) is 10.9 Å². The zero-order chi connectivity index (χ0) is 20.2. The Balaban J connectivity index is 0.00000420. The summed E-state index contributed by atoms with van der Waals surface area (Å²) in [7, 11) is 1.66. The van der Waals surface area contributed by atoms with Gasteiger partial charge in [-0.3, -0.25) is 4.99 Å². The molecule has 2 N–H and O–H groups in total. The zero-order valence-electron chi connectivity index (χ0n) is 17.3. The number of guanidine groups is 1. The fourth-order valence-corrected chi connectivity index (χ4v) is 3.09. The van der Waals surface area contributed by atoms with Gasteiger partial charge < -0.3 is 25.0 Å². The molecule has 9 heteroatoms. The molecule has 1 unspecified atom stereocenters. The first kappa shape index (κ1) is 25.8. The Morgan fingerprint density at radius 2 is 2.03 bits per heavy atom. The molecule has 1 saturated heterocycles. The molecule has 1 heterocycles. The van der Waals surface area contributed by atoms with Gasteiger partial charge in [-0.25, -0.2) is 8.78 Å². The smallest absolute Gasteiger partial charge is 0.191 e. The Hall–Kier alpha value is -1.20. The number of ether oxygens (including phenoxy) is 2. The molecule has 0 aliphatic carbocycles. The summed E-state index contributed by atoms with van der Waals surface area (Å²) in [6.45, 7) is 7.83. The number of halogens is 3. The summed E-state index contributed by atoms with van der Waals surface area (Å²) in [6, 6.07) is 4.08. The lowest BCUT2D eigenvalue weighted by molar-refractivity contribution is 0.0698. The van der Waals surface area contributed by atoms with Crippen LogP contribution in [-0.2, 0) is 9.47 Å². The van der Waals surface area contributed by atoms with E-state index in [1.807, 2.05) is 6.92 Å². The highest BCUT2D eigenvalue weighted by Crippen LogP contribution is 2.25. The minimum absolute atomic E-state index is 0. The molecule has 1 atom stereocenters. The van der Waals surface area contributed by atoms with E-state index in [1.54, 1.807) is 13.2 Å². The van der Waals surface area contributed by atoms with Crippen molar-refractivity contribution in [1.82, 2.24) is 10.6 Å². The summed E-state index contributed by atoms with van der Waals surface area (Å²) < 4.78 is 36.9. The summed E-state index contributed by atoms with van der Waals surface area (Å²) in [5.74, 6) is -0.426. The van der Waals surface area contributed by atoms with Crippen LogP contribution in [0.15, 0.2) is 23.2 Å². The first-order valence-electron chi connectivity index (χ1n) is 9.93. The van der Waals surface area contributed by atoms with Gasteiger partial charge in [0.1, 0.15) is 0 Å². The first-order valence-corrected chi connectivity index (χ1v) is 9.93. The first-order chi connectivity index (χ1) is 13.6. The van der Waals surface area contributed by atoms with Gasteiger partial charge in [0.15, 0.2) is 17.6 Å². The molecule has 29 heavy (non-hydrogen) atoms. The van der Waals surface area contributed by atoms with E-state index in [1.165, 1.54) is 12.1 Å². The SMILES string of the molecule is CCNC(=NCC1CCN(c2ccc(F)c(F)c2)C1)NCCCOCCOC.I. The van der Waals surface area contributed by atoms with Crippen molar-refractivity contribution in [3.8, 4) is 0 Å². The summed E-state index contributed by atoms with van der Waals surface area (Å²) in [6.07, 6.45) is 1.87. The predicted molar refractivity (Wildman–Crippen MR) is 123 cm³/mol. The highest BCUT2D eigenvalue weighted by molar-refractivity contribution is 14.0. The molecule has 0 spiro atoms. The average molecular weight is 526 g/mol. The molecule has 0 aromatic heterocycles. The van der Waals surface area contributed by atoms with Gasteiger partial charge in [0, 0.05) is 58.2 Å². The molecule has 0 saturated carbocycles. The van der Waals surface area contributed by atoms with Crippen molar-refractivity contribution in [2.45, 2.75) is 19.8 Å². The summed E-state index contributed by atoms with van der Waals surface area (Å²) in [5.41, 5.74) is 0.726. The molecule has 1 aliphatic heterocycles. The van der Waals surface area contributed by atoms with Crippen LogP contribution in [0.5, 0.6) is 0 Å². The van der Waals surface area contributed by atoms with Crippen molar-refractivity contribution in [3.05, 3.63) is 29.8 Å². The van der Waals surface area contributed by atoms with Crippen LogP contribution in [0.25, 0.3) is 0 Å². The predicted octanol–water partition coefficient (Wildman–Crippen LogP) is 3.02. The molecule has 1 aromatic carbocycles. The number of benzene rings is 1.